The third kappa shape index (κ3) is 10.0. The van der Waals surface area contributed by atoms with Crippen LogP contribution < -0.4 is 10.6 Å². The smallest absolute Gasteiger partial charge is 0.408 e. The summed E-state index contributed by atoms with van der Waals surface area (Å²) in [4.78, 5) is 55.0. The lowest BCUT2D eigenvalue weighted by molar-refractivity contribution is -0.148. The number of hydrogen-bond donors (Lipinski definition) is 3. The molecule has 1 saturated carbocycles. The number of phenolic OH excluding ortho intramolecular Hbond substituents is 1. The summed E-state index contributed by atoms with van der Waals surface area (Å²) in [5.74, 6) is -1.19. The van der Waals surface area contributed by atoms with Crippen LogP contribution in [0.25, 0.3) is 0 Å². The van der Waals surface area contributed by atoms with Crippen molar-refractivity contribution in [3.8, 4) is 5.75 Å². The number of phenols is 1. The summed E-state index contributed by atoms with van der Waals surface area (Å²) in [6.45, 7) is 11.1. The number of nitrogens with one attached hydrogen (secondary N) is 2. The summed E-state index contributed by atoms with van der Waals surface area (Å²) in [5, 5.41) is 15.4. The molecular formula is C33H45N3O7. The van der Waals surface area contributed by atoms with Crippen molar-refractivity contribution in [2.45, 2.75) is 97.4 Å². The average Bonchev–Trinajstić information content (AvgIpc) is 2.86. The van der Waals surface area contributed by atoms with Gasteiger partial charge in [0.15, 0.2) is 0 Å². The molecule has 43 heavy (non-hydrogen) atoms. The van der Waals surface area contributed by atoms with Gasteiger partial charge < -0.3 is 30.1 Å². The molecular weight excluding hydrogens is 550 g/mol. The fourth-order valence-electron chi connectivity index (χ4n) is 5.10. The zero-order chi connectivity index (χ0) is 31.7. The maximum absolute atomic E-state index is 14.6. The summed E-state index contributed by atoms with van der Waals surface area (Å²) in [7, 11) is 0. The quantitative estimate of drug-likeness (QED) is 0.305. The van der Waals surface area contributed by atoms with E-state index >= 15 is 0 Å². The average molecular weight is 596 g/mol. The topological polar surface area (TPSA) is 134 Å². The fourth-order valence-corrected chi connectivity index (χ4v) is 5.10. The van der Waals surface area contributed by atoms with E-state index in [0.717, 1.165) is 17.5 Å². The number of carbonyl (C=O) groups excluding carboxylic acids is 4. The number of amides is 3. The van der Waals surface area contributed by atoms with Gasteiger partial charge in [-0.2, -0.15) is 0 Å². The highest BCUT2D eigenvalue weighted by molar-refractivity contribution is 5.93. The first-order valence-electron chi connectivity index (χ1n) is 14.9. The molecule has 2 atom stereocenters. The van der Waals surface area contributed by atoms with E-state index in [1.54, 1.807) is 44.7 Å². The van der Waals surface area contributed by atoms with Crippen LogP contribution >= 0.6 is 0 Å². The van der Waals surface area contributed by atoms with Crippen molar-refractivity contribution in [3.05, 3.63) is 64.7 Å². The molecule has 0 heterocycles. The molecule has 10 heteroatoms. The van der Waals surface area contributed by atoms with Crippen LogP contribution in [0, 0.1) is 13.8 Å². The lowest BCUT2D eigenvalue weighted by Crippen LogP contribution is -2.58. The molecule has 2 aromatic rings. The number of ether oxygens (including phenoxy) is 2. The van der Waals surface area contributed by atoms with Crippen molar-refractivity contribution in [2.24, 2.45) is 0 Å². The number of aromatic hydroxyl groups is 1. The third-order valence-electron chi connectivity index (χ3n) is 7.11. The molecule has 3 rings (SSSR count). The summed E-state index contributed by atoms with van der Waals surface area (Å²) in [6.07, 6.45) is 1.69. The molecule has 1 fully saturated rings. The minimum absolute atomic E-state index is 0.000196. The van der Waals surface area contributed by atoms with Gasteiger partial charge in [-0.1, -0.05) is 41.5 Å². The van der Waals surface area contributed by atoms with E-state index in [2.05, 4.69) is 10.6 Å². The number of rotatable bonds is 12. The van der Waals surface area contributed by atoms with E-state index in [0.29, 0.717) is 24.0 Å². The maximum atomic E-state index is 14.6. The Morgan fingerprint density at radius 1 is 1.02 bits per heavy atom. The normalized spacial score (nSPS) is 14.6. The van der Waals surface area contributed by atoms with Crippen LogP contribution in [0.1, 0.15) is 81.7 Å². The molecule has 0 bridgehead atoms. The molecule has 2 aromatic carbocycles. The van der Waals surface area contributed by atoms with Crippen molar-refractivity contribution >= 4 is 23.9 Å². The summed E-state index contributed by atoms with van der Waals surface area (Å²) in [5.41, 5.74) is 2.44. The van der Waals surface area contributed by atoms with Crippen molar-refractivity contribution in [2.75, 3.05) is 13.2 Å². The van der Waals surface area contributed by atoms with E-state index in [-0.39, 0.29) is 37.8 Å². The van der Waals surface area contributed by atoms with E-state index in [4.69, 9.17) is 9.47 Å². The van der Waals surface area contributed by atoms with Gasteiger partial charge in [0, 0.05) is 19.0 Å². The van der Waals surface area contributed by atoms with Crippen LogP contribution in [0.3, 0.4) is 0 Å². The zero-order valence-corrected chi connectivity index (χ0v) is 26.1. The Hall–Kier alpha value is -4.08. The van der Waals surface area contributed by atoms with Gasteiger partial charge in [0.05, 0.1) is 13.0 Å². The molecule has 0 aliphatic heterocycles. The van der Waals surface area contributed by atoms with E-state index < -0.39 is 41.6 Å². The SMILES string of the molecule is CCOC(=O)CCNC(=O)C(c1cc(C)cc(C)c1)N(C(=O)C(Cc1ccc(O)cc1)NC(=O)OC(C)(C)C)C1CCC1. The van der Waals surface area contributed by atoms with E-state index in [9.17, 15) is 24.3 Å². The van der Waals surface area contributed by atoms with Gasteiger partial charge in [-0.15, -0.1) is 0 Å². The third-order valence-corrected chi connectivity index (χ3v) is 7.11. The number of benzene rings is 2. The fraction of sp³-hybridized carbons (Fsp3) is 0.515. The molecule has 0 saturated heterocycles. The van der Waals surface area contributed by atoms with Crippen LogP contribution in [-0.2, 0) is 30.3 Å². The molecule has 3 N–H and O–H groups in total. The summed E-state index contributed by atoms with van der Waals surface area (Å²) in [6, 6.07) is 9.89. The number of alkyl carbamates (subject to hydrolysis) is 1. The van der Waals surface area contributed by atoms with Gasteiger partial charge in [-0.25, -0.2) is 4.79 Å². The Kier molecular flexibility index (Phi) is 11.6. The molecule has 0 radical (unpaired) electrons. The number of esters is 1. The largest absolute Gasteiger partial charge is 0.508 e. The van der Waals surface area contributed by atoms with Gasteiger partial charge in [0.25, 0.3) is 0 Å². The predicted octanol–water partition coefficient (Wildman–Crippen LogP) is 4.64. The Bertz CT molecular complexity index is 1260. The standard InChI is InChI=1S/C33H45N3O7/c1-7-42-28(38)15-16-34-30(39)29(24-18-21(2)17-22(3)19-24)36(25-9-8-10-25)31(40)27(35-32(41)43-33(4,5)6)20-23-11-13-26(37)14-12-23/h11-14,17-19,25,27,29,37H,7-10,15-16,20H2,1-6H3,(H,34,39)(H,35,41). The van der Waals surface area contributed by atoms with Gasteiger partial charge in [-0.05, 0) is 84.1 Å². The van der Waals surface area contributed by atoms with Crippen molar-refractivity contribution < 1.29 is 33.8 Å². The number of hydrogen-bond acceptors (Lipinski definition) is 7. The Morgan fingerprint density at radius 2 is 1.65 bits per heavy atom. The number of aryl methyl sites for hydroxylation is 2. The first-order chi connectivity index (χ1) is 20.3. The van der Waals surface area contributed by atoms with Crippen LogP contribution in [-0.4, -0.2) is 64.7 Å². The van der Waals surface area contributed by atoms with E-state index in [1.165, 1.54) is 12.1 Å². The lowest BCUT2D eigenvalue weighted by atomic mass is 9.87. The first kappa shape index (κ1) is 33.4. The summed E-state index contributed by atoms with van der Waals surface area (Å²) < 4.78 is 10.5. The van der Waals surface area contributed by atoms with Crippen molar-refractivity contribution in [1.29, 1.82) is 0 Å². The van der Waals surface area contributed by atoms with Crippen LogP contribution in [0.5, 0.6) is 5.75 Å². The second-order valence-corrected chi connectivity index (χ2v) is 12.1. The van der Waals surface area contributed by atoms with Crippen LogP contribution in [0.4, 0.5) is 4.79 Å². The minimum Gasteiger partial charge on any atom is -0.508 e. The van der Waals surface area contributed by atoms with Crippen LogP contribution in [0.15, 0.2) is 42.5 Å². The molecule has 10 nitrogen and oxygen atoms in total. The highest BCUT2D eigenvalue weighted by Crippen LogP contribution is 2.34. The molecule has 0 aromatic heterocycles. The number of nitrogens with zero attached hydrogens (tertiary/aromatic N) is 1. The molecule has 1 aliphatic rings. The molecule has 234 valence electrons. The maximum Gasteiger partial charge on any atom is 0.408 e. The molecule has 2 unspecified atom stereocenters. The van der Waals surface area contributed by atoms with Crippen LogP contribution in [0.2, 0.25) is 0 Å². The highest BCUT2D eigenvalue weighted by Gasteiger charge is 2.42. The molecule has 0 spiro atoms. The second kappa shape index (κ2) is 14.9. The minimum atomic E-state index is -1.05. The molecule has 1 aliphatic carbocycles. The first-order valence-corrected chi connectivity index (χ1v) is 14.9. The zero-order valence-electron chi connectivity index (χ0n) is 26.1. The molecule has 3 amide bonds. The Balaban J connectivity index is 2.02. The monoisotopic (exact) mass is 595 g/mol. The highest BCUT2D eigenvalue weighted by atomic mass is 16.6. The second-order valence-electron chi connectivity index (χ2n) is 12.1. The van der Waals surface area contributed by atoms with Gasteiger partial charge in [-0.3, -0.25) is 14.4 Å². The number of carbonyl (C=O) groups is 4. The predicted molar refractivity (Wildman–Crippen MR) is 162 cm³/mol. The Labute approximate surface area is 254 Å². The van der Waals surface area contributed by atoms with Gasteiger partial charge in [0.1, 0.15) is 23.4 Å². The van der Waals surface area contributed by atoms with Crippen molar-refractivity contribution in [3.63, 3.8) is 0 Å². The Morgan fingerprint density at radius 3 is 2.19 bits per heavy atom. The lowest BCUT2D eigenvalue weighted by Gasteiger charge is -2.43. The van der Waals surface area contributed by atoms with E-state index in [1.807, 2.05) is 32.0 Å². The van der Waals surface area contributed by atoms with Gasteiger partial charge >= 0.3 is 12.1 Å². The van der Waals surface area contributed by atoms with Crippen molar-refractivity contribution in [1.82, 2.24) is 15.5 Å². The summed E-state index contributed by atoms with van der Waals surface area (Å²) >= 11 is 0. The van der Waals surface area contributed by atoms with Gasteiger partial charge in [0.2, 0.25) is 11.8 Å².